The Morgan fingerprint density at radius 3 is 2.94 bits per heavy atom. The summed E-state index contributed by atoms with van der Waals surface area (Å²) < 4.78 is 5.21. The van der Waals surface area contributed by atoms with Crippen LogP contribution in [0.4, 0.5) is 5.82 Å². The van der Waals surface area contributed by atoms with Crippen LogP contribution in [0.15, 0.2) is 12.5 Å². The molecule has 2 aromatic heterocycles. The van der Waals surface area contributed by atoms with Gasteiger partial charge in [-0.15, -0.1) is 0 Å². The molecule has 18 heavy (non-hydrogen) atoms. The molecule has 0 aliphatic carbocycles. The lowest BCUT2D eigenvalue weighted by molar-refractivity contribution is 0.0461. The number of hydrogen-bond donors (Lipinski definition) is 2. The maximum Gasteiger partial charge on any atom is 0.340 e. The van der Waals surface area contributed by atoms with Gasteiger partial charge in [-0.3, -0.25) is 0 Å². The van der Waals surface area contributed by atoms with Crippen LogP contribution in [0.3, 0.4) is 0 Å². The first-order chi connectivity index (χ1) is 8.63. The number of carbonyl (C=O) groups excluding carboxylic acids is 1. The van der Waals surface area contributed by atoms with Crippen LogP contribution in [-0.2, 0) is 4.74 Å². The number of aromatic amines is 1. The Hall–Kier alpha value is -2.11. The smallest absolute Gasteiger partial charge is 0.340 e. The van der Waals surface area contributed by atoms with Gasteiger partial charge in [0.25, 0.3) is 0 Å². The Morgan fingerprint density at radius 2 is 2.28 bits per heavy atom. The fourth-order valence-electron chi connectivity index (χ4n) is 1.63. The third-order valence-electron chi connectivity index (χ3n) is 2.47. The summed E-state index contributed by atoms with van der Waals surface area (Å²) in [5.41, 5.74) is 1.07. The summed E-state index contributed by atoms with van der Waals surface area (Å²) in [7, 11) is 1.75. The minimum absolute atomic E-state index is 0.305. The number of carbonyl (C=O) groups is 1. The number of hydrogen-bond acceptors (Lipinski definition) is 5. The van der Waals surface area contributed by atoms with Crippen LogP contribution in [0, 0.1) is 5.92 Å². The molecule has 6 nitrogen and oxygen atoms in total. The normalized spacial score (nSPS) is 10.9. The first-order valence-electron chi connectivity index (χ1n) is 5.80. The van der Waals surface area contributed by atoms with Crippen LogP contribution in [0.25, 0.3) is 11.0 Å². The number of aromatic nitrogens is 3. The molecule has 2 aromatic rings. The van der Waals surface area contributed by atoms with E-state index >= 15 is 0 Å². The largest absolute Gasteiger partial charge is 0.462 e. The third kappa shape index (κ3) is 2.27. The predicted molar refractivity (Wildman–Crippen MR) is 68.6 cm³/mol. The van der Waals surface area contributed by atoms with Gasteiger partial charge in [-0.2, -0.15) is 0 Å². The van der Waals surface area contributed by atoms with Crippen molar-refractivity contribution in [3.63, 3.8) is 0 Å². The van der Waals surface area contributed by atoms with E-state index in [1.54, 1.807) is 13.2 Å². The number of nitrogens with one attached hydrogen (secondary N) is 2. The van der Waals surface area contributed by atoms with E-state index in [0.29, 0.717) is 34.9 Å². The second kappa shape index (κ2) is 5.03. The first kappa shape index (κ1) is 12.3. The second-order valence-electron chi connectivity index (χ2n) is 4.39. The fraction of sp³-hybridized carbons (Fsp3) is 0.417. The highest BCUT2D eigenvalue weighted by atomic mass is 16.5. The van der Waals surface area contributed by atoms with Gasteiger partial charge in [-0.25, -0.2) is 14.8 Å². The maximum atomic E-state index is 12.0. The molecule has 0 aliphatic heterocycles. The molecule has 0 amide bonds. The fourth-order valence-corrected chi connectivity index (χ4v) is 1.63. The highest BCUT2D eigenvalue weighted by molar-refractivity contribution is 6.07. The zero-order valence-corrected chi connectivity index (χ0v) is 10.7. The summed E-state index contributed by atoms with van der Waals surface area (Å²) in [5.74, 6) is 0.554. The molecule has 0 spiro atoms. The van der Waals surface area contributed by atoms with Crippen LogP contribution in [0.2, 0.25) is 0 Å². The molecule has 0 bridgehead atoms. The minimum atomic E-state index is -0.360. The molecule has 0 aromatic carbocycles. The molecule has 0 atom stereocenters. The van der Waals surface area contributed by atoms with Crippen molar-refractivity contribution in [2.45, 2.75) is 13.8 Å². The highest BCUT2D eigenvalue weighted by Crippen LogP contribution is 2.23. The van der Waals surface area contributed by atoms with E-state index in [-0.39, 0.29) is 5.97 Å². The molecule has 0 unspecified atom stereocenters. The number of rotatable bonds is 4. The summed E-state index contributed by atoms with van der Waals surface area (Å²) in [6.45, 7) is 4.38. The van der Waals surface area contributed by atoms with Gasteiger partial charge in [0.1, 0.15) is 17.8 Å². The van der Waals surface area contributed by atoms with E-state index in [1.807, 2.05) is 13.8 Å². The average Bonchev–Trinajstić information content (AvgIpc) is 2.79. The lowest BCUT2D eigenvalue weighted by Gasteiger charge is -2.07. The van der Waals surface area contributed by atoms with Gasteiger partial charge < -0.3 is 15.0 Å². The molecule has 0 fully saturated rings. The summed E-state index contributed by atoms with van der Waals surface area (Å²) in [5, 5.41) is 3.60. The number of ether oxygens (including phenoxy) is 1. The van der Waals surface area contributed by atoms with Crippen LogP contribution in [0.5, 0.6) is 0 Å². The number of esters is 1. The number of fused-ring (bicyclic) bond motifs is 1. The van der Waals surface area contributed by atoms with Gasteiger partial charge in [-0.1, -0.05) is 13.8 Å². The average molecular weight is 248 g/mol. The molecular formula is C12H16N4O2. The van der Waals surface area contributed by atoms with Gasteiger partial charge in [0.2, 0.25) is 0 Å². The molecule has 2 N–H and O–H groups in total. The van der Waals surface area contributed by atoms with Crippen molar-refractivity contribution < 1.29 is 9.53 Å². The van der Waals surface area contributed by atoms with Gasteiger partial charge in [0.15, 0.2) is 0 Å². The highest BCUT2D eigenvalue weighted by Gasteiger charge is 2.17. The molecular weight excluding hydrogens is 232 g/mol. The van der Waals surface area contributed by atoms with Crippen LogP contribution in [0.1, 0.15) is 24.2 Å². The molecule has 0 saturated heterocycles. The SMILES string of the molecule is CNc1ncnc2[nH]cc(C(=O)OCC(C)C)c12. The van der Waals surface area contributed by atoms with Gasteiger partial charge in [0.05, 0.1) is 17.6 Å². The number of anilines is 1. The summed E-state index contributed by atoms with van der Waals surface area (Å²) >= 11 is 0. The van der Waals surface area contributed by atoms with Crippen molar-refractivity contribution in [3.05, 3.63) is 18.1 Å². The van der Waals surface area contributed by atoms with E-state index in [1.165, 1.54) is 6.33 Å². The Bertz CT molecular complexity index is 562. The van der Waals surface area contributed by atoms with E-state index < -0.39 is 0 Å². The van der Waals surface area contributed by atoms with Crippen LogP contribution in [-0.4, -0.2) is 34.6 Å². The van der Waals surface area contributed by atoms with Crippen molar-refractivity contribution in [2.75, 3.05) is 19.0 Å². The Kier molecular flexibility index (Phi) is 3.45. The summed E-state index contributed by atoms with van der Waals surface area (Å²) in [6, 6.07) is 0. The van der Waals surface area contributed by atoms with Crippen molar-refractivity contribution in [1.82, 2.24) is 15.0 Å². The lowest BCUT2D eigenvalue weighted by Crippen LogP contribution is -2.10. The van der Waals surface area contributed by atoms with Crippen molar-refractivity contribution in [3.8, 4) is 0 Å². The van der Waals surface area contributed by atoms with E-state index in [2.05, 4.69) is 20.3 Å². The molecule has 2 rings (SSSR count). The Morgan fingerprint density at radius 1 is 1.50 bits per heavy atom. The predicted octanol–water partition coefficient (Wildman–Crippen LogP) is 1.81. The Labute approximate surface area is 105 Å². The molecule has 0 saturated carbocycles. The molecule has 0 aliphatic rings. The molecule has 0 radical (unpaired) electrons. The third-order valence-corrected chi connectivity index (χ3v) is 2.47. The van der Waals surface area contributed by atoms with Gasteiger partial charge in [-0.05, 0) is 5.92 Å². The minimum Gasteiger partial charge on any atom is -0.462 e. The second-order valence-corrected chi connectivity index (χ2v) is 4.39. The van der Waals surface area contributed by atoms with Crippen molar-refractivity contribution >= 4 is 22.8 Å². The van der Waals surface area contributed by atoms with Crippen molar-refractivity contribution in [2.24, 2.45) is 5.92 Å². The monoisotopic (exact) mass is 248 g/mol. The van der Waals surface area contributed by atoms with E-state index in [9.17, 15) is 4.79 Å². The molecule has 2 heterocycles. The van der Waals surface area contributed by atoms with Crippen LogP contribution < -0.4 is 5.32 Å². The van der Waals surface area contributed by atoms with Gasteiger partial charge in [0, 0.05) is 13.2 Å². The quantitative estimate of drug-likeness (QED) is 0.807. The lowest BCUT2D eigenvalue weighted by atomic mass is 10.2. The number of nitrogens with zero attached hydrogens (tertiary/aromatic N) is 2. The topological polar surface area (TPSA) is 79.9 Å². The zero-order valence-electron chi connectivity index (χ0n) is 10.7. The van der Waals surface area contributed by atoms with E-state index in [4.69, 9.17) is 4.74 Å². The number of H-pyrrole nitrogens is 1. The maximum absolute atomic E-state index is 12.0. The zero-order chi connectivity index (χ0) is 13.1. The molecule has 6 heteroatoms. The Balaban J connectivity index is 2.36. The summed E-state index contributed by atoms with van der Waals surface area (Å²) in [4.78, 5) is 23.1. The summed E-state index contributed by atoms with van der Waals surface area (Å²) in [6.07, 6.45) is 3.04. The van der Waals surface area contributed by atoms with Gasteiger partial charge >= 0.3 is 5.97 Å². The first-order valence-corrected chi connectivity index (χ1v) is 5.80. The standard InChI is InChI=1S/C12H16N4O2/c1-7(2)5-18-12(17)8-4-14-11-9(8)10(13-3)15-6-16-11/h4,6-7H,5H2,1-3H3,(H2,13,14,15,16). The molecule has 96 valence electrons. The van der Waals surface area contributed by atoms with Crippen molar-refractivity contribution in [1.29, 1.82) is 0 Å². The van der Waals surface area contributed by atoms with E-state index in [0.717, 1.165) is 0 Å². The van der Waals surface area contributed by atoms with Crippen LogP contribution >= 0.6 is 0 Å².